The number of nitrogens with one attached hydrogen (secondary N) is 1. The molecule has 346 valence electrons. The van der Waals surface area contributed by atoms with Gasteiger partial charge in [-0.25, -0.2) is 9.31 Å². The highest BCUT2D eigenvalue weighted by atomic mass is 16.2. The minimum absolute atomic E-state index is 0.180. The number of carbonyl (C=O) groups is 3. The number of carbonyl (C=O) groups excluding carboxylic acids is 3. The van der Waals surface area contributed by atoms with Crippen molar-refractivity contribution in [2.24, 2.45) is 7.05 Å². The summed E-state index contributed by atoms with van der Waals surface area (Å²) < 4.78 is 5.67. The number of pyridine rings is 2. The van der Waals surface area contributed by atoms with E-state index in [1.54, 1.807) is 10.9 Å². The summed E-state index contributed by atoms with van der Waals surface area (Å²) in [6, 6.07) is 25.3. The number of hydrogen-bond donors (Lipinski definition) is 1. The Hall–Kier alpha value is -7.42. The Kier molecular flexibility index (Phi) is 11.6. The van der Waals surface area contributed by atoms with Gasteiger partial charge in [-0.15, -0.1) is 0 Å². The van der Waals surface area contributed by atoms with E-state index < -0.39 is 6.03 Å². The lowest BCUT2D eigenvalue weighted by atomic mass is 9.89. The first-order valence-corrected chi connectivity index (χ1v) is 23.8. The number of amides is 4. The summed E-state index contributed by atoms with van der Waals surface area (Å²) >= 11 is 0. The van der Waals surface area contributed by atoms with Crippen molar-refractivity contribution in [3.8, 4) is 28.3 Å². The second-order valence-corrected chi connectivity index (χ2v) is 18.6. The molecule has 1 N–H and O–H groups in total. The van der Waals surface area contributed by atoms with Crippen LogP contribution in [0, 0.1) is 11.3 Å². The maximum atomic E-state index is 13.6. The molecule has 0 atom stereocenters. The highest BCUT2D eigenvalue weighted by molar-refractivity contribution is 6.08. The molecule has 7 aromatic rings. The van der Waals surface area contributed by atoms with Gasteiger partial charge in [-0.1, -0.05) is 24.3 Å². The molecule has 0 bridgehead atoms. The SMILES string of the molecule is Cn1nc(N2CCC(=O)NC2=O)c2ccc(C3CCN(CC(=O)N4CCC(n5cc(-c6cc(-c7ccc(N8CCN(Cc9ccccn9)CC8)cc7)c7c(C#N)cnn7c6)cn5)CC4)CC3)cc21. The number of rotatable bonds is 10. The van der Waals surface area contributed by atoms with Crippen LogP contribution in [0.15, 0.2) is 97.7 Å². The summed E-state index contributed by atoms with van der Waals surface area (Å²) in [5.41, 5.74) is 9.68. The monoisotopic (exact) mass is 910 g/mol. The number of urea groups is 1. The molecule has 0 aliphatic carbocycles. The molecule has 0 radical (unpaired) electrons. The van der Waals surface area contributed by atoms with Crippen LogP contribution >= 0.6 is 0 Å². The molecule has 17 nitrogen and oxygen atoms in total. The summed E-state index contributed by atoms with van der Waals surface area (Å²) in [6.45, 7) is 8.50. The maximum absolute atomic E-state index is 13.6. The van der Waals surface area contributed by atoms with Crippen LogP contribution in [0.1, 0.15) is 60.9 Å². The molecular formula is C51H54N14O3. The number of aromatic nitrogens is 7. The van der Waals surface area contributed by atoms with Gasteiger partial charge in [-0.05, 0) is 98.3 Å². The van der Waals surface area contributed by atoms with Gasteiger partial charge < -0.3 is 9.80 Å². The van der Waals surface area contributed by atoms with Gasteiger partial charge in [0.25, 0.3) is 0 Å². The normalized spacial score (nSPS) is 18.1. The Morgan fingerprint density at radius 3 is 2.37 bits per heavy atom. The third kappa shape index (κ3) is 8.57. The average molecular weight is 911 g/mol. The Morgan fingerprint density at radius 1 is 0.809 bits per heavy atom. The van der Waals surface area contributed by atoms with Gasteiger partial charge in [-0.2, -0.15) is 20.6 Å². The van der Waals surface area contributed by atoms with Crippen molar-refractivity contribution >= 4 is 45.8 Å². The predicted octanol–water partition coefficient (Wildman–Crippen LogP) is 5.83. The van der Waals surface area contributed by atoms with Crippen molar-refractivity contribution in [1.29, 1.82) is 5.26 Å². The third-order valence-electron chi connectivity index (χ3n) is 14.5. The number of aryl methyl sites for hydroxylation is 1. The molecule has 11 rings (SSSR count). The first kappa shape index (κ1) is 43.2. The van der Waals surface area contributed by atoms with Crippen LogP contribution in [0.5, 0.6) is 0 Å². The van der Waals surface area contributed by atoms with Crippen molar-refractivity contribution in [2.45, 2.75) is 50.6 Å². The molecule has 4 amide bonds. The van der Waals surface area contributed by atoms with Gasteiger partial charge in [-0.3, -0.25) is 44.0 Å². The van der Waals surface area contributed by atoms with Crippen molar-refractivity contribution in [2.75, 3.05) is 75.2 Å². The number of nitrogens with zero attached hydrogens (tertiary/aromatic N) is 13. The zero-order chi connectivity index (χ0) is 46.3. The van der Waals surface area contributed by atoms with Crippen LogP contribution in [0.25, 0.3) is 38.7 Å². The molecule has 17 heteroatoms. The molecule has 4 aliphatic heterocycles. The molecule has 0 saturated carbocycles. The van der Waals surface area contributed by atoms with Crippen LogP contribution < -0.4 is 15.1 Å². The van der Waals surface area contributed by atoms with Crippen molar-refractivity contribution in [3.63, 3.8) is 0 Å². The lowest BCUT2D eigenvalue weighted by Gasteiger charge is -2.36. The van der Waals surface area contributed by atoms with E-state index in [0.29, 0.717) is 43.5 Å². The number of nitriles is 1. The minimum atomic E-state index is -0.437. The highest BCUT2D eigenvalue weighted by Crippen LogP contribution is 2.36. The number of imide groups is 1. The molecule has 5 aromatic heterocycles. The predicted molar refractivity (Wildman–Crippen MR) is 258 cm³/mol. The number of piperazine rings is 1. The van der Waals surface area contributed by atoms with Crippen LogP contribution in [-0.4, -0.2) is 132 Å². The summed E-state index contributed by atoms with van der Waals surface area (Å²) in [6.07, 6.45) is 13.3. The fraction of sp³-hybridized carbons (Fsp3) is 0.373. The third-order valence-corrected chi connectivity index (χ3v) is 14.5. The zero-order valence-corrected chi connectivity index (χ0v) is 38.2. The average Bonchev–Trinajstić information content (AvgIpc) is 4.12. The van der Waals surface area contributed by atoms with E-state index in [2.05, 4.69) is 101 Å². The molecular weight excluding hydrogens is 857 g/mol. The van der Waals surface area contributed by atoms with E-state index in [1.807, 2.05) is 53.3 Å². The van der Waals surface area contributed by atoms with Gasteiger partial charge in [0, 0.05) is 112 Å². The van der Waals surface area contributed by atoms with E-state index in [0.717, 1.165) is 116 Å². The lowest BCUT2D eigenvalue weighted by Crippen LogP contribution is -2.49. The largest absolute Gasteiger partial charge is 0.369 e. The Morgan fingerprint density at radius 2 is 1.62 bits per heavy atom. The fourth-order valence-corrected chi connectivity index (χ4v) is 10.6. The molecule has 68 heavy (non-hydrogen) atoms. The van der Waals surface area contributed by atoms with E-state index in [1.165, 1.54) is 16.2 Å². The molecule has 9 heterocycles. The minimum Gasteiger partial charge on any atom is -0.369 e. The standard InChI is InChI=1S/C51H54N14O3/c1-58-46-27-37(7-10-44(46)50(57-58)63-21-15-47(66)56-51(63)68)35-11-17-59(18-12-35)34-48(67)62-19-13-43(14-20-62)64-32-40(30-54-64)38-26-45(49-39(28-52)29-55-65(49)31-38)36-5-8-42(9-6-36)61-24-22-60(23-25-61)33-41-4-2-3-16-53-41/h2-10,16,26-27,29-32,35,43H,11-15,17-25,33-34H2,1H3,(H,56,66,68). The van der Waals surface area contributed by atoms with Crippen molar-refractivity contribution < 1.29 is 14.4 Å². The van der Waals surface area contributed by atoms with Crippen LogP contribution in [0.3, 0.4) is 0 Å². The zero-order valence-electron chi connectivity index (χ0n) is 38.2. The lowest BCUT2D eigenvalue weighted by molar-refractivity contribution is -0.134. The highest BCUT2D eigenvalue weighted by Gasteiger charge is 2.31. The van der Waals surface area contributed by atoms with Gasteiger partial charge in [0.2, 0.25) is 11.8 Å². The van der Waals surface area contributed by atoms with Crippen molar-refractivity contribution in [1.82, 2.24) is 54.2 Å². The second-order valence-electron chi connectivity index (χ2n) is 18.6. The molecule has 0 unspecified atom stereocenters. The van der Waals surface area contributed by atoms with Gasteiger partial charge in [0.1, 0.15) is 6.07 Å². The Labute approximate surface area is 394 Å². The van der Waals surface area contributed by atoms with Gasteiger partial charge >= 0.3 is 6.03 Å². The number of likely N-dealkylation sites (tertiary alicyclic amines) is 2. The van der Waals surface area contributed by atoms with Crippen LogP contribution in [-0.2, 0) is 23.2 Å². The summed E-state index contributed by atoms with van der Waals surface area (Å²) in [5.74, 6) is 0.846. The van der Waals surface area contributed by atoms with Crippen LogP contribution in [0.2, 0.25) is 0 Å². The first-order valence-electron chi connectivity index (χ1n) is 23.8. The van der Waals surface area contributed by atoms with E-state index in [9.17, 15) is 19.6 Å². The molecule has 4 saturated heterocycles. The summed E-state index contributed by atoms with van der Waals surface area (Å²) in [5, 5.41) is 27.4. The Bertz CT molecular complexity index is 3040. The van der Waals surface area contributed by atoms with Crippen LogP contribution in [0.4, 0.5) is 16.3 Å². The van der Waals surface area contributed by atoms with E-state index in [4.69, 9.17) is 5.10 Å². The van der Waals surface area contributed by atoms with Gasteiger partial charge in [0.05, 0.1) is 47.3 Å². The number of fused-ring (bicyclic) bond motifs is 2. The summed E-state index contributed by atoms with van der Waals surface area (Å²) in [4.78, 5) is 53.1. The van der Waals surface area contributed by atoms with E-state index >= 15 is 0 Å². The second kappa shape index (κ2) is 18.3. The van der Waals surface area contributed by atoms with Crippen molar-refractivity contribution in [3.05, 3.63) is 115 Å². The number of anilines is 2. The smallest absolute Gasteiger partial charge is 0.329 e. The molecule has 0 spiro atoms. The molecule has 2 aromatic carbocycles. The van der Waals surface area contributed by atoms with Gasteiger partial charge in [0.15, 0.2) is 5.82 Å². The topological polar surface area (TPSA) is 169 Å². The number of benzene rings is 2. The number of hydrogen-bond acceptors (Lipinski definition) is 11. The Balaban J connectivity index is 0.692. The number of piperidine rings is 2. The van der Waals surface area contributed by atoms with E-state index in [-0.39, 0.29) is 24.3 Å². The quantitative estimate of drug-likeness (QED) is 0.175. The summed E-state index contributed by atoms with van der Waals surface area (Å²) in [7, 11) is 1.88. The first-order chi connectivity index (χ1) is 33.2. The fourth-order valence-electron chi connectivity index (χ4n) is 10.6. The maximum Gasteiger partial charge on any atom is 0.329 e. The molecule has 4 fully saturated rings. The molecule has 4 aliphatic rings.